The summed E-state index contributed by atoms with van der Waals surface area (Å²) in [5.41, 5.74) is 4.85. The van der Waals surface area contributed by atoms with Gasteiger partial charge in [0.25, 0.3) is 0 Å². The summed E-state index contributed by atoms with van der Waals surface area (Å²) in [7, 11) is 0. The van der Waals surface area contributed by atoms with Crippen LogP contribution in [0.5, 0.6) is 0 Å². The lowest BCUT2D eigenvalue weighted by Crippen LogP contribution is -3.11. The number of quaternary nitrogens is 1. The van der Waals surface area contributed by atoms with Gasteiger partial charge in [0.1, 0.15) is 6.54 Å². The van der Waals surface area contributed by atoms with E-state index < -0.39 is 0 Å². The Balaban J connectivity index is 1.43. The van der Waals surface area contributed by atoms with Crippen LogP contribution in [0.3, 0.4) is 0 Å². The third kappa shape index (κ3) is 5.37. The van der Waals surface area contributed by atoms with Crippen molar-refractivity contribution in [2.75, 3.05) is 13.1 Å². The second kappa shape index (κ2) is 8.74. The Morgan fingerprint density at radius 1 is 1.20 bits per heavy atom. The van der Waals surface area contributed by atoms with Gasteiger partial charge >= 0.3 is 0 Å². The fourth-order valence-corrected chi connectivity index (χ4v) is 3.19. The number of hydrogen-bond acceptors (Lipinski definition) is 3. The third-order valence-electron chi connectivity index (χ3n) is 4.53. The van der Waals surface area contributed by atoms with E-state index in [1.54, 1.807) is 18.6 Å². The number of carbonyl (C=O) groups is 1. The maximum Gasteiger partial charge on any atom is 0.243 e. The minimum atomic E-state index is 0.0100. The molecule has 2 heterocycles. The van der Waals surface area contributed by atoms with Crippen LogP contribution in [-0.2, 0) is 11.3 Å². The first-order valence-electron chi connectivity index (χ1n) is 8.51. The maximum atomic E-state index is 12.2. The molecule has 130 valence electrons. The lowest BCUT2D eigenvalue weighted by atomic mass is 9.96. The van der Waals surface area contributed by atoms with Gasteiger partial charge in [0.2, 0.25) is 5.91 Å². The number of carbonyl (C=O) groups excluding carboxylic acids is 1. The number of piperidine rings is 1. The Morgan fingerprint density at radius 3 is 2.56 bits per heavy atom. The summed E-state index contributed by atoms with van der Waals surface area (Å²) in [6.07, 6.45) is 6.81. The highest BCUT2D eigenvalue weighted by atomic mass is 35.5. The first-order valence-corrected chi connectivity index (χ1v) is 8.89. The smallest absolute Gasteiger partial charge is 0.243 e. The van der Waals surface area contributed by atoms with Crippen molar-refractivity contribution in [2.24, 2.45) is 11.0 Å². The van der Waals surface area contributed by atoms with Crippen molar-refractivity contribution in [3.05, 3.63) is 64.9 Å². The highest BCUT2D eigenvalue weighted by molar-refractivity contribution is 6.30. The predicted molar refractivity (Wildman–Crippen MR) is 98.6 cm³/mol. The Kier molecular flexibility index (Phi) is 6.14. The van der Waals surface area contributed by atoms with Crippen molar-refractivity contribution in [1.29, 1.82) is 0 Å². The first-order chi connectivity index (χ1) is 12.2. The van der Waals surface area contributed by atoms with Gasteiger partial charge in [-0.15, -0.1) is 0 Å². The van der Waals surface area contributed by atoms with Crippen molar-refractivity contribution in [3.63, 3.8) is 0 Å². The zero-order valence-electron chi connectivity index (χ0n) is 14.0. The fourth-order valence-electron chi connectivity index (χ4n) is 3.07. The van der Waals surface area contributed by atoms with E-state index in [1.165, 1.54) is 10.5 Å². The molecule has 25 heavy (non-hydrogen) atoms. The molecule has 0 atom stereocenters. The van der Waals surface area contributed by atoms with Gasteiger partial charge < -0.3 is 4.90 Å². The molecule has 1 saturated heterocycles. The number of aromatic nitrogens is 1. The van der Waals surface area contributed by atoms with E-state index in [0.717, 1.165) is 43.1 Å². The first kappa shape index (κ1) is 17.6. The van der Waals surface area contributed by atoms with Crippen molar-refractivity contribution in [1.82, 2.24) is 10.4 Å². The van der Waals surface area contributed by atoms with Crippen LogP contribution in [0.15, 0.2) is 53.9 Å². The number of hydrogen-bond donors (Lipinski definition) is 2. The van der Waals surface area contributed by atoms with E-state index >= 15 is 0 Å². The molecule has 3 rings (SSSR count). The molecule has 0 unspecified atom stereocenters. The van der Waals surface area contributed by atoms with E-state index in [4.69, 9.17) is 11.6 Å². The molecule has 1 fully saturated rings. The molecule has 1 aliphatic heterocycles. The fraction of sp³-hybridized carbons (Fsp3) is 0.316. The molecular weight excluding hydrogens is 336 g/mol. The summed E-state index contributed by atoms with van der Waals surface area (Å²) >= 11 is 5.92. The SMILES string of the molecule is O=C(N/N=C\c1ccncc1)C1CC[NH+](Cc2ccc(Cl)cc2)CC1. The topological polar surface area (TPSA) is 58.8 Å². The molecule has 1 aromatic heterocycles. The van der Waals surface area contributed by atoms with Crippen molar-refractivity contribution < 1.29 is 9.69 Å². The van der Waals surface area contributed by atoms with Gasteiger partial charge in [0.05, 0.1) is 25.2 Å². The molecule has 0 bridgehead atoms. The zero-order valence-corrected chi connectivity index (χ0v) is 14.7. The number of rotatable bonds is 5. The highest BCUT2D eigenvalue weighted by Crippen LogP contribution is 2.11. The average molecular weight is 358 g/mol. The van der Waals surface area contributed by atoms with E-state index in [0.29, 0.717) is 0 Å². The van der Waals surface area contributed by atoms with Crippen LogP contribution in [-0.4, -0.2) is 30.2 Å². The quantitative estimate of drug-likeness (QED) is 0.632. The van der Waals surface area contributed by atoms with Crippen LogP contribution in [0.2, 0.25) is 5.02 Å². The number of nitrogens with zero attached hydrogens (tertiary/aromatic N) is 2. The van der Waals surface area contributed by atoms with Gasteiger partial charge in [-0.1, -0.05) is 23.7 Å². The lowest BCUT2D eigenvalue weighted by molar-refractivity contribution is -0.919. The summed E-state index contributed by atoms with van der Waals surface area (Å²) < 4.78 is 0. The van der Waals surface area contributed by atoms with Crippen LogP contribution in [0.1, 0.15) is 24.0 Å². The van der Waals surface area contributed by atoms with Crippen LogP contribution >= 0.6 is 11.6 Å². The van der Waals surface area contributed by atoms with Crippen molar-refractivity contribution in [2.45, 2.75) is 19.4 Å². The minimum absolute atomic E-state index is 0.0100. The monoisotopic (exact) mass is 357 g/mol. The van der Waals surface area contributed by atoms with Crippen molar-refractivity contribution in [3.8, 4) is 0 Å². The van der Waals surface area contributed by atoms with E-state index in [1.807, 2.05) is 24.3 Å². The molecular formula is C19H22ClN4O+. The minimum Gasteiger partial charge on any atom is -0.331 e. The van der Waals surface area contributed by atoms with Gasteiger partial charge in [-0.25, -0.2) is 5.43 Å². The normalized spacial score (nSPS) is 20.5. The molecule has 0 aliphatic carbocycles. The van der Waals surface area contributed by atoms with Crippen LogP contribution in [0.25, 0.3) is 0 Å². The van der Waals surface area contributed by atoms with Gasteiger partial charge in [-0.05, 0) is 29.8 Å². The number of nitrogens with one attached hydrogen (secondary N) is 2. The molecule has 1 amide bonds. The van der Waals surface area contributed by atoms with Gasteiger partial charge in [0, 0.05) is 35.8 Å². The lowest BCUT2D eigenvalue weighted by Gasteiger charge is -2.28. The maximum absolute atomic E-state index is 12.2. The van der Waals surface area contributed by atoms with E-state index in [2.05, 4.69) is 27.6 Å². The molecule has 5 nitrogen and oxygen atoms in total. The number of amides is 1. The summed E-state index contributed by atoms with van der Waals surface area (Å²) in [6.45, 7) is 2.97. The second-order valence-electron chi connectivity index (χ2n) is 6.34. The molecule has 1 aliphatic rings. The Bertz CT molecular complexity index is 710. The van der Waals surface area contributed by atoms with E-state index in [9.17, 15) is 4.79 Å². The number of hydrazone groups is 1. The summed E-state index contributed by atoms with van der Waals surface area (Å²) in [5.74, 6) is 0.0550. The van der Waals surface area contributed by atoms with Gasteiger partial charge in [-0.3, -0.25) is 9.78 Å². The van der Waals surface area contributed by atoms with Crippen molar-refractivity contribution >= 4 is 23.7 Å². The van der Waals surface area contributed by atoms with E-state index in [-0.39, 0.29) is 11.8 Å². The number of pyridine rings is 1. The van der Waals surface area contributed by atoms with Crippen LogP contribution in [0, 0.1) is 5.92 Å². The Morgan fingerprint density at radius 2 is 1.88 bits per heavy atom. The van der Waals surface area contributed by atoms with Crippen LogP contribution < -0.4 is 10.3 Å². The Labute approximate surface area is 152 Å². The third-order valence-corrected chi connectivity index (χ3v) is 4.78. The Hall–Kier alpha value is -2.24. The second-order valence-corrected chi connectivity index (χ2v) is 6.78. The number of halogens is 1. The van der Waals surface area contributed by atoms with Crippen LogP contribution in [0.4, 0.5) is 0 Å². The summed E-state index contributed by atoms with van der Waals surface area (Å²) in [6, 6.07) is 11.7. The van der Waals surface area contributed by atoms with Gasteiger partial charge in [0.15, 0.2) is 0 Å². The molecule has 0 radical (unpaired) electrons. The largest absolute Gasteiger partial charge is 0.331 e. The molecule has 2 N–H and O–H groups in total. The zero-order chi connectivity index (χ0) is 17.5. The molecule has 2 aromatic rings. The number of benzene rings is 1. The predicted octanol–water partition coefficient (Wildman–Crippen LogP) is 1.68. The molecule has 0 saturated carbocycles. The molecule has 0 spiro atoms. The highest BCUT2D eigenvalue weighted by Gasteiger charge is 2.27. The number of likely N-dealkylation sites (tertiary alicyclic amines) is 1. The standard InChI is InChI=1S/C19H21ClN4O/c20-18-3-1-16(2-4-18)14-24-11-7-17(8-12-24)19(25)23-22-13-15-5-9-21-10-6-15/h1-6,9-10,13,17H,7-8,11-12,14H2,(H,23,25)/p+1/b22-13-. The van der Waals surface area contributed by atoms with Gasteiger partial charge in [-0.2, -0.15) is 5.10 Å². The average Bonchev–Trinajstić information content (AvgIpc) is 2.65. The summed E-state index contributed by atoms with van der Waals surface area (Å²) in [5, 5.41) is 4.81. The summed E-state index contributed by atoms with van der Waals surface area (Å²) in [4.78, 5) is 17.7. The molecule has 6 heteroatoms. The molecule has 1 aromatic carbocycles.